The maximum Gasteiger partial charge on any atom is 0.306 e. The van der Waals surface area contributed by atoms with Crippen molar-refractivity contribution in [3.05, 3.63) is 29.3 Å². The topological polar surface area (TPSA) is 105 Å². The van der Waals surface area contributed by atoms with Gasteiger partial charge in [0.2, 0.25) is 5.91 Å². The lowest BCUT2D eigenvalue weighted by Gasteiger charge is -2.20. The van der Waals surface area contributed by atoms with Crippen LogP contribution in [0.4, 0.5) is 5.69 Å². The number of nitrogens with zero attached hydrogens (tertiary/aromatic N) is 2. The Morgan fingerprint density at radius 3 is 2.67 bits per heavy atom. The summed E-state index contributed by atoms with van der Waals surface area (Å²) in [6.45, 7) is 5.94. The van der Waals surface area contributed by atoms with Crippen LogP contribution in [0.25, 0.3) is 0 Å². The van der Waals surface area contributed by atoms with Crippen molar-refractivity contribution >= 4 is 23.4 Å². The Hall–Kier alpha value is -2.57. The van der Waals surface area contributed by atoms with E-state index >= 15 is 0 Å². The lowest BCUT2D eigenvalue weighted by Crippen LogP contribution is -2.30. The molecule has 0 aliphatic carbocycles. The Labute approximate surface area is 141 Å². The Kier molecular flexibility index (Phi) is 5.11. The largest absolute Gasteiger partial charge is 0.460 e. The van der Waals surface area contributed by atoms with E-state index in [-0.39, 0.29) is 30.6 Å². The summed E-state index contributed by atoms with van der Waals surface area (Å²) >= 11 is 0. The summed E-state index contributed by atoms with van der Waals surface area (Å²) < 4.78 is 5.21. The number of carbonyl (C=O) groups is 2. The van der Waals surface area contributed by atoms with E-state index in [9.17, 15) is 9.59 Å². The Morgan fingerprint density at radius 1 is 1.33 bits per heavy atom. The van der Waals surface area contributed by atoms with Crippen molar-refractivity contribution in [2.24, 2.45) is 10.9 Å². The van der Waals surface area contributed by atoms with Crippen LogP contribution in [-0.2, 0) is 20.7 Å². The first-order valence-corrected chi connectivity index (χ1v) is 7.84. The van der Waals surface area contributed by atoms with Crippen LogP contribution in [0, 0.1) is 0 Å². The Bertz CT molecular complexity index is 677. The van der Waals surface area contributed by atoms with Crippen molar-refractivity contribution in [1.82, 2.24) is 0 Å². The molecule has 7 nitrogen and oxygen atoms in total. The number of anilines is 1. The van der Waals surface area contributed by atoms with Crippen LogP contribution in [0.1, 0.15) is 44.7 Å². The second-order valence-corrected chi connectivity index (χ2v) is 6.71. The fourth-order valence-corrected chi connectivity index (χ4v) is 2.61. The monoisotopic (exact) mass is 333 g/mol. The third kappa shape index (κ3) is 4.24. The predicted octanol–water partition coefficient (Wildman–Crippen LogP) is 1.79. The van der Waals surface area contributed by atoms with Crippen LogP contribution in [0.2, 0.25) is 0 Å². The molecule has 0 unspecified atom stereocenters. The van der Waals surface area contributed by atoms with E-state index in [0.717, 1.165) is 11.3 Å². The van der Waals surface area contributed by atoms with Gasteiger partial charge in [0.1, 0.15) is 5.60 Å². The zero-order valence-corrected chi connectivity index (χ0v) is 14.2. The minimum Gasteiger partial charge on any atom is -0.460 e. The van der Waals surface area contributed by atoms with Crippen LogP contribution >= 0.6 is 0 Å². The molecule has 1 aliphatic rings. The maximum atomic E-state index is 12.4. The van der Waals surface area contributed by atoms with Crippen molar-refractivity contribution in [1.29, 1.82) is 0 Å². The van der Waals surface area contributed by atoms with Crippen LogP contribution in [0.5, 0.6) is 0 Å². The van der Waals surface area contributed by atoms with E-state index in [4.69, 9.17) is 15.7 Å². The van der Waals surface area contributed by atoms with Gasteiger partial charge in [0.15, 0.2) is 5.84 Å². The minimum absolute atomic E-state index is 0.0347. The number of fused-ring (bicyclic) bond motifs is 1. The van der Waals surface area contributed by atoms with E-state index in [1.54, 1.807) is 37.8 Å². The molecule has 1 heterocycles. The molecular weight excluding hydrogens is 310 g/mol. The fraction of sp³-hybridized carbons (Fsp3) is 0.471. The van der Waals surface area contributed by atoms with Crippen molar-refractivity contribution in [2.75, 3.05) is 11.4 Å². The molecule has 130 valence electrons. The molecule has 7 heteroatoms. The number of ether oxygens (including phenoxy) is 1. The fourth-order valence-electron chi connectivity index (χ4n) is 2.61. The molecule has 1 aliphatic heterocycles. The van der Waals surface area contributed by atoms with Crippen molar-refractivity contribution in [2.45, 2.75) is 45.6 Å². The van der Waals surface area contributed by atoms with Gasteiger partial charge in [-0.3, -0.25) is 9.59 Å². The van der Waals surface area contributed by atoms with Gasteiger partial charge < -0.3 is 20.6 Å². The molecule has 1 aromatic rings. The molecule has 1 aromatic carbocycles. The lowest BCUT2D eigenvalue weighted by atomic mass is 10.1. The molecule has 0 atom stereocenters. The zero-order valence-electron chi connectivity index (χ0n) is 14.2. The quantitative estimate of drug-likeness (QED) is 0.287. The summed E-state index contributed by atoms with van der Waals surface area (Å²) in [6, 6.07) is 5.29. The lowest BCUT2D eigenvalue weighted by molar-refractivity contribution is -0.155. The number of rotatable bonds is 4. The van der Waals surface area contributed by atoms with Crippen LogP contribution in [-0.4, -0.2) is 35.1 Å². The summed E-state index contributed by atoms with van der Waals surface area (Å²) in [5.74, 6) is -0.457. The molecule has 3 N–H and O–H groups in total. The van der Waals surface area contributed by atoms with Crippen molar-refractivity contribution in [3.8, 4) is 0 Å². The first kappa shape index (κ1) is 17.8. The van der Waals surface area contributed by atoms with Gasteiger partial charge in [0.25, 0.3) is 0 Å². The molecular formula is C17H23N3O4. The number of amides is 1. The number of oxime groups is 1. The molecule has 0 fully saturated rings. The Balaban J connectivity index is 2.01. The summed E-state index contributed by atoms with van der Waals surface area (Å²) in [5.41, 5.74) is 7.41. The van der Waals surface area contributed by atoms with Gasteiger partial charge in [0.05, 0.1) is 6.42 Å². The van der Waals surface area contributed by atoms with E-state index < -0.39 is 5.60 Å². The third-order valence-electron chi connectivity index (χ3n) is 3.64. The molecule has 24 heavy (non-hydrogen) atoms. The van der Waals surface area contributed by atoms with Crippen molar-refractivity contribution in [3.63, 3.8) is 0 Å². The Morgan fingerprint density at radius 2 is 2.04 bits per heavy atom. The first-order valence-electron chi connectivity index (χ1n) is 7.84. The molecule has 0 saturated heterocycles. The zero-order chi connectivity index (χ0) is 17.9. The molecule has 0 bridgehead atoms. The second-order valence-electron chi connectivity index (χ2n) is 6.71. The maximum absolute atomic E-state index is 12.4. The third-order valence-corrected chi connectivity index (χ3v) is 3.64. The average Bonchev–Trinajstić information content (AvgIpc) is 2.93. The number of esters is 1. The second kappa shape index (κ2) is 6.90. The standard InChI is InChI=1S/C17H23N3O4/c1-17(2,3)24-15(22)7-6-14(21)20-9-8-11-10-12(16(18)19-23)4-5-13(11)20/h4-5,10,23H,6-9H2,1-3H3,(H2,18,19). The number of carbonyl (C=O) groups excluding carboxylic acids is 2. The van der Waals surface area contributed by atoms with E-state index in [0.29, 0.717) is 18.5 Å². The van der Waals surface area contributed by atoms with Gasteiger partial charge in [-0.25, -0.2) is 0 Å². The molecule has 0 spiro atoms. The van der Waals surface area contributed by atoms with Gasteiger partial charge in [-0.2, -0.15) is 0 Å². The minimum atomic E-state index is -0.551. The van der Waals surface area contributed by atoms with Gasteiger partial charge in [-0.1, -0.05) is 5.16 Å². The highest BCUT2D eigenvalue weighted by atomic mass is 16.6. The van der Waals surface area contributed by atoms with Crippen LogP contribution in [0.3, 0.4) is 0 Å². The highest BCUT2D eigenvalue weighted by Gasteiger charge is 2.26. The van der Waals surface area contributed by atoms with Crippen LogP contribution in [0.15, 0.2) is 23.4 Å². The summed E-state index contributed by atoms with van der Waals surface area (Å²) in [6.07, 6.45) is 0.862. The molecule has 1 amide bonds. The number of nitrogens with two attached hydrogens (primary N) is 1. The summed E-state index contributed by atoms with van der Waals surface area (Å²) in [7, 11) is 0. The summed E-state index contributed by atoms with van der Waals surface area (Å²) in [4.78, 5) is 25.8. The molecule has 0 saturated carbocycles. The number of benzene rings is 1. The SMILES string of the molecule is CC(C)(C)OC(=O)CCC(=O)N1CCc2cc(C(N)=NO)ccc21. The smallest absolute Gasteiger partial charge is 0.306 e. The van der Waals surface area contributed by atoms with Crippen molar-refractivity contribution < 1.29 is 19.5 Å². The van der Waals surface area contributed by atoms with Gasteiger partial charge in [-0.05, 0) is 51.0 Å². The number of hydrogen-bond acceptors (Lipinski definition) is 5. The van der Waals surface area contributed by atoms with E-state index in [1.165, 1.54) is 0 Å². The van der Waals surface area contributed by atoms with E-state index in [1.807, 2.05) is 6.07 Å². The first-order chi connectivity index (χ1) is 11.2. The van der Waals surface area contributed by atoms with Gasteiger partial charge in [-0.15, -0.1) is 0 Å². The van der Waals surface area contributed by atoms with Gasteiger partial charge in [0, 0.05) is 24.2 Å². The predicted molar refractivity (Wildman–Crippen MR) is 90.1 cm³/mol. The van der Waals surface area contributed by atoms with Crippen LogP contribution < -0.4 is 10.6 Å². The normalized spacial score (nSPS) is 14.5. The van der Waals surface area contributed by atoms with E-state index in [2.05, 4.69) is 5.16 Å². The molecule has 0 aromatic heterocycles. The number of hydrogen-bond donors (Lipinski definition) is 2. The summed E-state index contributed by atoms with van der Waals surface area (Å²) in [5, 5.41) is 11.7. The highest BCUT2D eigenvalue weighted by Crippen LogP contribution is 2.29. The number of amidine groups is 1. The molecule has 2 rings (SSSR count). The van der Waals surface area contributed by atoms with Gasteiger partial charge >= 0.3 is 5.97 Å². The average molecular weight is 333 g/mol. The molecule has 0 radical (unpaired) electrons. The highest BCUT2D eigenvalue weighted by molar-refractivity contribution is 6.00.